The van der Waals surface area contributed by atoms with E-state index in [0.717, 1.165) is 16.9 Å². The van der Waals surface area contributed by atoms with Crippen LogP contribution in [0.4, 0.5) is 17.2 Å². The number of halogens is 1. The van der Waals surface area contributed by atoms with Crippen LogP contribution in [0.1, 0.15) is 10.4 Å². The van der Waals surface area contributed by atoms with E-state index in [1.54, 1.807) is 37.4 Å². The van der Waals surface area contributed by atoms with Crippen LogP contribution >= 0.6 is 11.6 Å². The van der Waals surface area contributed by atoms with Crippen molar-refractivity contribution >= 4 is 34.7 Å². The number of hydrogen-bond acceptors (Lipinski definition) is 5. The van der Waals surface area contributed by atoms with Crippen LogP contribution in [-0.2, 0) is 0 Å². The fourth-order valence-electron chi connectivity index (χ4n) is 2.99. The number of methoxy groups -OCH3 is 1. The Morgan fingerprint density at radius 1 is 0.903 bits per heavy atom. The summed E-state index contributed by atoms with van der Waals surface area (Å²) in [7, 11) is 1.54. The molecule has 0 unspecified atom stereocenters. The number of ether oxygens (including phenoxy) is 1. The Hall–Kier alpha value is -3.90. The van der Waals surface area contributed by atoms with Crippen molar-refractivity contribution in [3.05, 3.63) is 95.8 Å². The molecule has 0 aliphatic heterocycles. The number of nitrogens with one attached hydrogen (secondary N) is 2. The Morgan fingerprint density at radius 2 is 1.65 bits per heavy atom. The van der Waals surface area contributed by atoms with Crippen LogP contribution in [0.5, 0.6) is 5.75 Å². The summed E-state index contributed by atoms with van der Waals surface area (Å²) in [6.07, 6.45) is 1.52. The molecule has 0 fully saturated rings. The molecule has 3 aromatic carbocycles. The summed E-state index contributed by atoms with van der Waals surface area (Å²) in [5.74, 6) is 0.982. The van der Waals surface area contributed by atoms with Gasteiger partial charge in [-0.25, -0.2) is 9.97 Å². The van der Waals surface area contributed by atoms with E-state index in [0.29, 0.717) is 27.8 Å². The third-order valence-corrected chi connectivity index (χ3v) is 4.86. The van der Waals surface area contributed by atoms with Gasteiger partial charge in [-0.05, 0) is 42.5 Å². The number of rotatable bonds is 6. The second-order valence-electron chi connectivity index (χ2n) is 6.66. The topological polar surface area (TPSA) is 76.1 Å². The molecular formula is C24H19ClN4O2. The average Bonchev–Trinajstić information content (AvgIpc) is 2.80. The van der Waals surface area contributed by atoms with E-state index in [4.69, 9.17) is 16.3 Å². The SMILES string of the molecule is COc1ccc(NC(=O)c2ccc(Nc3cc(-c4ccccc4)ncn3)cc2)cc1Cl. The zero-order valence-corrected chi connectivity index (χ0v) is 17.4. The molecule has 4 rings (SSSR count). The smallest absolute Gasteiger partial charge is 0.255 e. The molecule has 31 heavy (non-hydrogen) atoms. The molecule has 1 aromatic heterocycles. The number of anilines is 3. The van der Waals surface area contributed by atoms with E-state index in [1.165, 1.54) is 6.33 Å². The molecule has 0 aliphatic rings. The molecule has 0 saturated carbocycles. The molecule has 2 N–H and O–H groups in total. The first-order valence-electron chi connectivity index (χ1n) is 9.52. The van der Waals surface area contributed by atoms with Crippen molar-refractivity contribution in [3.63, 3.8) is 0 Å². The van der Waals surface area contributed by atoms with Crippen molar-refractivity contribution in [2.45, 2.75) is 0 Å². The monoisotopic (exact) mass is 430 g/mol. The number of hydrogen-bond donors (Lipinski definition) is 2. The third kappa shape index (κ3) is 4.99. The molecular weight excluding hydrogens is 412 g/mol. The van der Waals surface area contributed by atoms with Crippen LogP contribution in [0.25, 0.3) is 11.3 Å². The van der Waals surface area contributed by atoms with Crippen molar-refractivity contribution in [2.75, 3.05) is 17.7 Å². The molecule has 0 aliphatic carbocycles. The summed E-state index contributed by atoms with van der Waals surface area (Å²) in [6.45, 7) is 0. The highest BCUT2D eigenvalue weighted by molar-refractivity contribution is 6.32. The van der Waals surface area contributed by atoms with Gasteiger partial charge < -0.3 is 15.4 Å². The van der Waals surface area contributed by atoms with Gasteiger partial charge in [0.15, 0.2) is 0 Å². The minimum Gasteiger partial charge on any atom is -0.495 e. The van der Waals surface area contributed by atoms with Gasteiger partial charge in [-0.2, -0.15) is 0 Å². The maximum atomic E-state index is 12.5. The number of benzene rings is 3. The Morgan fingerprint density at radius 3 is 2.35 bits per heavy atom. The van der Waals surface area contributed by atoms with Crippen molar-refractivity contribution in [2.24, 2.45) is 0 Å². The van der Waals surface area contributed by atoms with Crippen molar-refractivity contribution in [3.8, 4) is 17.0 Å². The van der Waals surface area contributed by atoms with Crippen molar-refractivity contribution < 1.29 is 9.53 Å². The predicted octanol–water partition coefficient (Wildman–Crippen LogP) is 5.80. The molecule has 0 bridgehead atoms. The van der Waals surface area contributed by atoms with Gasteiger partial charge in [-0.1, -0.05) is 41.9 Å². The quantitative estimate of drug-likeness (QED) is 0.404. The van der Waals surface area contributed by atoms with Gasteiger partial charge in [0.2, 0.25) is 0 Å². The van der Waals surface area contributed by atoms with Crippen LogP contribution in [-0.4, -0.2) is 23.0 Å². The highest BCUT2D eigenvalue weighted by Crippen LogP contribution is 2.27. The first-order chi connectivity index (χ1) is 15.1. The van der Waals surface area contributed by atoms with Crippen molar-refractivity contribution in [1.82, 2.24) is 9.97 Å². The van der Waals surface area contributed by atoms with Crippen molar-refractivity contribution in [1.29, 1.82) is 0 Å². The molecule has 7 heteroatoms. The minimum absolute atomic E-state index is 0.235. The summed E-state index contributed by atoms with van der Waals surface area (Å²) >= 11 is 6.11. The Labute approximate surface area is 184 Å². The summed E-state index contributed by atoms with van der Waals surface area (Å²) in [5.41, 5.74) is 3.75. The molecule has 0 radical (unpaired) electrons. The number of amides is 1. The van der Waals surface area contributed by atoms with Gasteiger partial charge in [0.25, 0.3) is 5.91 Å². The average molecular weight is 431 g/mol. The first-order valence-corrected chi connectivity index (χ1v) is 9.89. The lowest BCUT2D eigenvalue weighted by Gasteiger charge is -2.10. The van der Waals surface area contributed by atoms with Gasteiger partial charge in [0.1, 0.15) is 17.9 Å². The zero-order valence-electron chi connectivity index (χ0n) is 16.7. The van der Waals surface area contributed by atoms with Crippen LogP contribution in [0.2, 0.25) is 5.02 Å². The number of aromatic nitrogens is 2. The zero-order chi connectivity index (χ0) is 21.6. The van der Waals surface area contributed by atoms with E-state index in [1.807, 2.05) is 48.5 Å². The Bertz CT molecular complexity index is 1200. The van der Waals surface area contributed by atoms with Gasteiger partial charge >= 0.3 is 0 Å². The highest BCUT2D eigenvalue weighted by Gasteiger charge is 2.09. The maximum absolute atomic E-state index is 12.5. The normalized spacial score (nSPS) is 10.4. The molecule has 0 atom stereocenters. The van der Waals surface area contributed by atoms with E-state index in [9.17, 15) is 4.79 Å². The molecule has 154 valence electrons. The molecule has 4 aromatic rings. The van der Waals surface area contributed by atoms with E-state index in [-0.39, 0.29) is 5.91 Å². The molecule has 0 spiro atoms. The van der Waals surface area contributed by atoms with Crippen LogP contribution in [0.15, 0.2) is 85.2 Å². The fraction of sp³-hybridized carbons (Fsp3) is 0.0417. The predicted molar refractivity (Wildman–Crippen MR) is 123 cm³/mol. The number of nitrogens with zero attached hydrogens (tertiary/aromatic N) is 2. The lowest BCUT2D eigenvalue weighted by Crippen LogP contribution is -2.11. The summed E-state index contributed by atoms with van der Waals surface area (Å²) < 4.78 is 5.12. The van der Waals surface area contributed by atoms with Gasteiger partial charge in [0, 0.05) is 28.6 Å². The standard InChI is InChI=1S/C24H19ClN4O2/c1-31-22-12-11-19(13-20(22)25)29-24(30)17-7-9-18(10-8-17)28-23-14-21(26-15-27-23)16-5-3-2-4-6-16/h2-15H,1H3,(H,29,30)(H,26,27,28). The van der Waals surface area contributed by atoms with Crippen LogP contribution < -0.4 is 15.4 Å². The molecule has 0 saturated heterocycles. The molecule has 1 heterocycles. The molecule has 6 nitrogen and oxygen atoms in total. The van der Waals surface area contributed by atoms with Crippen LogP contribution in [0.3, 0.4) is 0 Å². The second-order valence-corrected chi connectivity index (χ2v) is 7.07. The lowest BCUT2D eigenvalue weighted by atomic mass is 10.1. The molecule has 1 amide bonds. The highest BCUT2D eigenvalue weighted by atomic mass is 35.5. The van der Waals surface area contributed by atoms with E-state index >= 15 is 0 Å². The lowest BCUT2D eigenvalue weighted by molar-refractivity contribution is 0.102. The van der Waals surface area contributed by atoms with E-state index < -0.39 is 0 Å². The van der Waals surface area contributed by atoms with Gasteiger partial charge in [-0.15, -0.1) is 0 Å². The van der Waals surface area contributed by atoms with E-state index in [2.05, 4.69) is 20.6 Å². The Balaban J connectivity index is 1.44. The summed E-state index contributed by atoms with van der Waals surface area (Å²) in [4.78, 5) is 21.1. The largest absolute Gasteiger partial charge is 0.495 e. The summed E-state index contributed by atoms with van der Waals surface area (Å²) in [5, 5.41) is 6.49. The van der Waals surface area contributed by atoms with Gasteiger partial charge in [0.05, 0.1) is 17.8 Å². The first kappa shape index (κ1) is 20.4. The third-order valence-electron chi connectivity index (χ3n) is 4.57. The number of carbonyl (C=O) groups is 1. The van der Waals surface area contributed by atoms with Gasteiger partial charge in [-0.3, -0.25) is 4.79 Å². The second kappa shape index (κ2) is 9.28. The minimum atomic E-state index is -0.235. The number of carbonyl (C=O) groups excluding carboxylic acids is 1. The maximum Gasteiger partial charge on any atom is 0.255 e. The summed E-state index contributed by atoms with van der Waals surface area (Å²) in [6, 6.07) is 24.0. The Kier molecular flexibility index (Phi) is 6.10. The fourth-order valence-corrected chi connectivity index (χ4v) is 3.25. The van der Waals surface area contributed by atoms with Crippen LogP contribution in [0, 0.1) is 0 Å².